The smallest absolute Gasteiger partial charge is 0.320 e. The zero-order chi connectivity index (χ0) is 20.8. The second-order valence-corrected chi connectivity index (χ2v) is 6.58. The molecule has 0 spiro atoms. The number of hydrogen-bond donors (Lipinski definition) is 4. The van der Waals surface area contributed by atoms with Crippen molar-refractivity contribution in [3.63, 3.8) is 0 Å². The molecule has 3 rings (SSSR count). The molecule has 3 amide bonds. The van der Waals surface area contributed by atoms with Crippen molar-refractivity contribution in [3.05, 3.63) is 54.0 Å². The van der Waals surface area contributed by atoms with Gasteiger partial charge in [-0.3, -0.25) is 15.1 Å². The van der Waals surface area contributed by atoms with Gasteiger partial charge in [0.2, 0.25) is 5.91 Å². The Bertz CT molecular complexity index is 1050. The molecule has 0 aliphatic rings. The maximum absolute atomic E-state index is 11.9. The van der Waals surface area contributed by atoms with Crippen LogP contribution in [0.4, 0.5) is 10.6 Å². The van der Waals surface area contributed by atoms with Gasteiger partial charge >= 0.3 is 6.03 Å². The summed E-state index contributed by atoms with van der Waals surface area (Å²) >= 11 is 0. The van der Waals surface area contributed by atoms with Crippen LogP contribution in [0, 0.1) is 0 Å². The molecule has 0 fully saturated rings. The zero-order valence-corrected chi connectivity index (χ0v) is 16.2. The standard InChI is InChI=1S/C21H24N6O2/c1-2-24-21(29)27-20-10-17-16(5-3-14(11-22)18(17)12-26-20)13-7-8-25-15(9-13)4-6-19(23)28/h3,5,7-10,12H,2,4,6,11,22H2,1H3,(H2,23,28)(H2,24,26,27,29). The van der Waals surface area contributed by atoms with Gasteiger partial charge in [-0.15, -0.1) is 0 Å². The Kier molecular flexibility index (Phi) is 6.36. The number of nitrogens with one attached hydrogen (secondary N) is 2. The van der Waals surface area contributed by atoms with Crippen LogP contribution in [0.25, 0.3) is 21.9 Å². The number of aryl methyl sites for hydroxylation is 1. The van der Waals surface area contributed by atoms with Gasteiger partial charge in [0.1, 0.15) is 5.82 Å². The lowest BCUT2D eigenvalue weighted by Gasteiger charge is -2.13. The third-order valence-corrected chi connectivity index (χ3v) is 4.55. The largest absolute Gasteiger partial charge is 0.370 e. The molecule has 1 aromatic carbocycles. The van der Waals surface area contributed by atoms with E-state index in [1.54, 1.807) is 12.4 Å². The van der Waals surface area contributed by atoms with Crippen LogP contribution in [0.3, 0.4) is 0 Å². The van der Waals surface area contributed by atoms with Gasteiger partial charge in [-0.25, -0.2) is 9.78 Å². The molecule has 150 valence electrons. The predicted molar refractivity (Wildman–Crippen MR) is 113 cm³/mol. The van der Waals surface area contributed by atoms with E-state index in [9.17, 15) is 9.59 Å². The van der Waals surface area contributed by atoms with Crippen LogP contribution < -0.4 is 22.1 Å². The number of hydrogen-bond acceptors (Lipinski definition) is 5. The van der Waals surface area contributed by atoms with Crippen LogP contribution in [-0.2, 0) is 17.8 Å². The molecule has 0 bridgehead atoms. The van der Waals surface area contributed by atoms with E-state index in [0.717, 1.165) is 33.2 Å². The van der Waals surface area contributed by atoms with E-state index >= 15 is 0 Å². The van der Waals surface area contributed by atoms with Crippen molar-refractivity contribution in [1.82, 2.24) is 15.3 Å². The molecule has 0 saturated heterocycles. The molecule has 8 heteroatoms. The van der Waals surface area contributed by atoms with E-state index in [1.807, 2.05) is 37.3 Å². The lowest BCUT2D eigenvalue weighted by Crippen LogP contribution is -2.28. The van der Waals surface area contributed by atoms with Crippen molar-refractivity contribution in [2.45, 2.75) is 26.3 Å². The monoisotopic (exact) mass is 392 g/mol. The molecule has 8 nitrogen and oxygen atoms in total. The Morgan fingerprint density at radius 3 is 2.66 bits per heavy atom. The van der Waals surface area contributed by atoms with Crippen LogP contribution in [0.1, 0.15) is 24.6 Å². The van der Waals surface area contributed by atoms with Gasteiger partial charge in [0.05, 0.1) is 0 Å². The number of amides is 3. The Hall–Kier alpha value is -3.52. The summed E-state index contributed by atoms with van der Waals surface area (Å²) in [6.07, 6.45) is 4.16. The Balaban J connectivity index is 2.06. The van der Waals surface area contributed by atoms with E-state index in [2.05, 4.69) is 20.6 Å². The molecule has 0 aliphatic heterocycles. The number of carbonyl (C=O) groups excluding carboxylic acids is 2. The highest BCUT2D eigenvalue weighted by Gasteiger charge is 2.11. The summed E-state index contributed by atoms with van der Waals surface area (Å²) in [5.41, 5.74) is 14.8. The number of anilines is 1. The summed E-state index contributed by atoms with van der Waals surface area (Å²) < 4.78 is 0. The molecule has 2 heterocycles. The molecule has 0 saturated carbocycles. The first kappa shape index (κ1) is 20.2. The van der Waals surface area contributed by atoms with Crippen LogP contribution in [0.15, 0.2) is 42.7 Å². The minimum Gasteiger partial charge on any atom is -0.370 e. The quantitative estimate of drug-likeness (QED) is 0.489. The van der Waals surface area contributed by atoms with E-state index in [-0.39, 0.29) is 18.4 Å². The molecular weight excluding hydrogens is 368 g/mol. The molecule has 0 aliphatic carbocycles. The van der Waals surface area contributed by atoms with Crippen molar-refractivity contribution >= 4 is 28.5 Å². The summed E-state index contributed by atoms with van der Waals surface area (Å²) in [5, 5.41) is 7.26. The highest BCUT2D eigenvalue weighted by atomic mass is 16.2. The number of nitrogens with two attached hydrogens (primary N) is 2. The number of benzene rings is 1. The van der Waals surface area contributed by atoms with Crippen molar-refractivity contribution in [2.24, 2.45) is 11.5 Å². The lowest BCUT2D eigenvalue weighted by molar-refractivity contribution is -0.118. The number of aromatic nitrogens is 2. The normalized spacial score (nSPS) is 10.7. The number of pyridine rings is 2. The van der Waals surface area contributed by atoms with Crippen LogP contribution in [0.2, 0.25) is 0 Å². The first-order valence-corrected chi connectivity index (χ1v) is 9.42. The molecular formula is C21H24N6O2. The first-order valence-electron chi connectivity index (χ1n) is 9.42. The van der Waals surface area contributed by atoms with E-state index in [4.69, 9.17) is 11.5 Å². The molecule has 2 aromatic heterocycles. The maximum atomic E-state index is 11.9. The second-order valence-electron chi connectivity index (χ2n) is 6.58. The number of carbonyl (C=O) groups is 2. The maximum Gasteiger partial charge on any atom is 0.320 e. The Morgan fingerprint density at radius 1 is 1.10 bits per heavy atom. The average molecular weight is 392 g/mol. The number of nitrogens with zero attached hydrogens (tertiary/aromatic N) is 2. The van der Waals surface area contributed by atoms with Gasteiger partial charge in [-0.2, -0.15) is 0 Å². The van der Waals surface area contributed by atoms with Crippen molar-refractivity contribution < 1.29 is 9.59 Å². The zero-order valence-electron chi connectivity index (χ0n) is 16.2. The SMILES string of the molecule is CCNC(=O)Nc1cc2c(-c3ccnc(CCC(N)=O)c3)ccc(CN)c2cn1. The Morgan fingerprint density at radius 2 is 1.93 bits per heavy atom. The molecule has 6 N–H and O–H groups in total. The van der Waals surface area contributed by atoms with Gasteiger partial charge in [0, 0.05) is 43.0 Å². The summed E-state index contributed by atoms with van der Waals surface area (Å²) in [6.45, 7) is 2.74. The van der Waals surface area contributed by atoms with Gasteiger partial charge < -0.3 is 16.8 Å². The van der Waals surface area contributed by atoms with Gasteiger partial charge in [0.15, 0.2) is 0 Å². The van der Waals surface area contributed by atoms with Gasteiger partial charge in [0.25, 0.3) is 0 Å². The number of rotatable bonds is 7. The van der Waals surface area contributed by atoms with Gasteiger partial charge in [-0.1, -0.05) is 12.1 Å². The van der Waals surface area contributed by atoms with E-state index in [1.165, 1.54) is 0 Å². The van der Waals surface area contributed by atoms with Crippen molar-refractivity contribution in [3.8, 4) is 11.1 Å². The highest BCUT2D eigenvalue weighted by molar-refractivity contribution is 6.00. The highest BCUT2D eigenvalue weighted by Crippen LogP contribution is 2.32. The summed E-state index contributed by atoms with van der Waals surface area (Å²) in [6, 6.07) is 9.34. The first-order chi connectivity index (χ1) is 14.0. The fourth-order valence-electron chi connectivity index (χ4n) is 3.15. The summed E-state index contributed by atoms with van der Waals surface area (Å²) in [7, 11) is 0. The Labute approximate surface area is 168 Å². The molecule has 0 unspecified atom stereocenters. The number of fused-ring (bicyclic) bond motifs is 1. The van der Waals surface area contributed by atoms with Crippen LogP contribution >= 0.6 is 0 Å². The van der Waals surface area contributed by atoms with Gasteiger partial charge in [-0.05, 0) is 53.6 Å². The van der Waals surface area contributed by atoms with Crippen LogP contribution in [-0.4, -0.2) is 28.5 Å². The molecule has 29 heavy (non-hydrogen) atoms. The van der Waals surface area contributed by atoms with Crippen LogP contribution in [0.5, 0.6) is 0 Å². The lowest BCUT2D eigenvalue weighted by atomic mass is 9.96. The minimum atomic E-state index is -0.359. The molecule has 0 atom stereocenters. The fourth-order valence-corrected chi connectivity index (χ4v) is 3.15. The van der Waals surface area contributed by atoms with E-state index < -0.39 is 0 Å². The van der Waals surface area contributed by atoms with Crippen molar-refractivity contribution in [2.75, 3.05) is 11.9 Å². The average Bonchev–Trinajstić information content (AvgIpc) is 2.71. The number of primary amides is 1. The third kappa shape index (κ3) is 4.85. The van der Waals surface area contributed by atoms with Crippen molar-refractivity contribution in [1.29, 1.82) is 0 Å². The summed E-state index contributed by atoms with van der Waals surface area (Å²) in [5.74, 6) is 0.0870. The molecule has 3 aromatic rings. The summed E-state index contributed by atoms with van der Waals surface area (Å²) in [4.78, 5) is 31.6. The fraction of sp³-hybridized carbons (Fsp3) is 0.238. The topological polar surface area (TPSA) is 136 Å². The number of urea groups is 1. The third-order valence-electron chi connectivity index (χ3n) is 4.55. The van der Waals surface area contributed by atoms with E-state index in [0.29, 0.717) is 25.3 Å². The predicted octanol–water partition coefficient (Wildman–Crippen LogP) is 2.31. The second kappa shape index (κ2) is 9.11. The minimum absolute atomic E-state index is 0.244. The molecule has 0 radical (unpaired) electrons.